The van der Waals surface area contributed by atoms with Crippen LogP contribution in [0.25, 0.3) is 0 Å². The molecule has 0 bridgehead atoms. The molecule has 1 aromatic heterocycles. The Balaban J connectivity index is 1.81. The summed E-state index contributed by atoms with van der Waals surface area (Å²) in [5.74, 6) is 0.202. The number of rotatable bonds is 5. The summed E-state index contributed by atoms with van der Waals surface area (Å²) in [5, 5.41) is 3.20. The Morgan fingerprint density at radius 3 is 2.79 bits per heavy atom. The highest BCUT2D eigenvalue weighted by molar-refractivity contribution is 7.09. The van der Waals surface area contributed by atoms with Crippen molar-refractivity contribution in [2.45, 2.75) is 39.2 Å². The SMILES string of the molecule is CCc1nc(CN(C)C(=O)CN2CCCCC2)cs1. The summed E-state index contributed by atoms with van der Waals surface area (Å²) in [6, 6.07) is 0. The van der Waals surface area contributed by atoms with Gasteiger partial charge >= 0.3 is 0 Å². The smallest absolute Gasteiger partial charge is 0.236 e. The average Bonchev–Trinajstić information content (AvgIpc) is 2.87. The van der Waals surface area contributed by atoms with Crippen molar-refractivity contribution in [3.05, 3.63) is 16.1 Å². The molecule has 1 amide bonds. The Morgan fingerprint density at radius 2 is 2.16 bits per heavy atom. The number of hydrogen-bond donors (Lipinski definition) is 0. The molecule has 0 atom stereocenters. The van der Waals surface area contributed by atoms with Crippen LogP contribution in [-0.2, 0) is 17.8 Å². The second kappa shape index (κ2) is 7.01. The van der Waals surface area contributed by atoms with Crippen molar-refractivity contribution in [1.82, 2.24) is 14.8 Å². The summed E-state index contributed by atoms with van der Waals surface area (Å²) in [6.07, 6.45) is 4.72. The van der Waals surface area contributed by atoms with Gasteiger partial charge in [-0.05, 0) is 32.4 Å². The van der Waals surface area contributed by atoms with Crippen molar-refractivity contribution in [3.8, 4) is 0 Å². The number of likely N-dealkylation sites (tertiary alicyclic amines) is 1. The van der Waals surface area contributed by atoms with E-state index in [1.54, 1.807) is 16.2 Å². The van der Waals surface area contributed by atoms with E-state index in [9.17, 15) is 4.79 Å². The van der Waals surface area contributed by atoms with Crippen LogP contribution in [0.3, 0.4) is 0 Å². The van der Waals surface area contributed by atoms with Crippen LogP contribution in [0.1, 0.15) is 36.9 Å². The maximum atomic E-state index is 12.2. The van der Waals surface area contributed by atoms with Crippen molar-refractivity contribution in [2.24, 2.45) is 0 Å². The van der Waals surface area contributed by atoms with Crippen LogP contribution >= 0.6 is 11.3 Å². The minimum Gasteiger partial charge on any atom is -0.339 e. The van der Waals surface area contributed by atoms with E-state index in [0.29, 0.717) is 13.1 Å². The van der Waals surface area contributed by atoms with Gasteiger partial charge in [0.05, 0.1) is 23.8 Å². The van der Waals surface area contributed by atoms with Crippen molar-refractivity contribution >= 4 is 17.2 Å². The number of hydrogen-bond acceptors (Lipinski definition) is 4. The molecule has 0 saturated carbocycles. The van der Waals surface area contributed by atoms with Crippen molar-refractivity contribution in [1.29, 1.82) is 0 Å². The standard InChI is InChI=1S/C14H23N3OS/c1-3-13-15-12(11-19-13)9-16(2)14(18)10-17-7-5-4-6-8-17/h11H,3-10H2,1-2H3. The highest BCUT2D eigenvalue weighted by Crippen LogP contribution is 2.12. The molecule has 1 saturated heterocycles. The lowest BCUT2D eigenvalue weighted by atomic mass is 10.1. The molecule has 0 aromatic carbocycles. The van der Waals surface area contributed by atoms with Gasteiger partial charge in [-0.2, -0.15) is 0 Å². The number of piperidine rings is 1. The monoisotopic (exact) mass is 281 g/mol. The molecular weight excluding hydrogens is 258 g/mol. The second-order valence-corrected chi connectivity index (χ2v) is 6.12. The molecule has 5 heteroatoms. The van der Waals surface area contributed by atoms with E-state index in [4.69, 9.17) is 0 Å². The topological polar surface area (TPSA) is 36.4 Å². The highest BCUT2D eigenvalue weighted by Gasteiger charge is 2.17. The largest absolute Gasteiger partial charge is 0.339 e. The second-order valence-electron chi connectivity index (χ2n) is 5.17. The average molecular weight is 281 g/mol. The van der Waals surface area contributed by atoms with Gasteiger partial charge in [-0.15, -0.1) is 11.3 Å². The van der Waals surface area contributed by atoms with Gasteiger partial charge in [0.1, 0.15) is 0 Å². The molecule has 1 aliphatic heterocycles. The fourth-order valence-corrected chi connectivity index (χ4v) is 3.08. The molecule has 0 aliphatic carbocycles. The normalized spacial score (nSPS) is 16.5. The molecule has 4 nitrogen and oxygen atoms in total. The fraction of sp³-hybridized carbons (Fsp3) is 0.714. The number of thiazole rings is 1. The molecule has 1 fully saturated rings. The zero-order valence-corrected chi connectivity index (χ0v) is 12.7. The lowest BCUT2D eigenvalue weighted by molar-refractivity contribution is -0.131. The molecular formula is C14H23N3OS. The van der Waals surface area contributed by atoms with Gasteiger partial charge in [0, 0.05) is 12.4 Å². The van der Waals surface area contributed by atoms with Crippen LogP contribution in [0.15, 0.2) is 5.38 Å². The molecule has 19 heavy (non-hydrogen) atoms. The summed E-state index contributed by atoms with van der Waals surface area (Å²) in [5.41, 5.74) is 1.01. The molecule has 1 aliphatic rings. The van der Waals surface area contributed by atoms with Gasteiger partial charge in [0.2, 0.25) is 5.91 Å². The zero-order chi connectivity index (χ0) is 13.7. The van der Waals surface area contributed by atoms with E-state index >= 15 is 0 Å². The van der Waals surface area contributed by atoms with Crippen LogP contribution in [-0.4, -0.2) is 47.4 Å². The first kappa shape index (κ1) is 14.5. The number of likely N-dealkylation sites (N-methyl/N-ethyl adjacent to an activating group) is 1. The summed E-state index contributed by atoms with van der Waals surface area (Å²) in [4.78, 5) is 20.7. The van der Waals surface area contributed by atoms with E-state index in [-0.39, 0.29) is 5.91 Å². The molecule has 0 spiro atoms. The predicted octanol–water partition coefficient (Wildman–Crippen LogP) is 2.15. The quantitative estimate of drug-likeness (QED) is 0.830. The summed E-state index contributed by atoms with van der Waals surface area (Å²) in [7, 11) is 1.87. The molecule has 0 N–H and O–H groups in total. The van der Waals surface area contributed by atoms with Crippen molar-refractivity contribution < 1.29 is 4.79 Å². The number of aromatic nitrogens is 1. The number of carbonyl (C=O) groups is 1. The van der Waals surface area contributed by atoms with Crippen LogP contribution in [0, 0.1) is 0 Å². The van der Waals surface area contributed by atoms with E-state index in [1.807, 2.05) is 7.05 Å². The van der Waals surface area contributed by atoms with Gasteiger partial charge in [0.25, 0.3) is 0 Å². The fourth-order valence-electron chi connectivity index (χ4n) is 2.34. The summed E-state index contributed by atoms with van der Waals surface area (Å²) < 4.78 is 0. The number of amides is 1. The van der Waals surface area contributed by atoms with Crippen LogP contribution in [0.5, 0.6) is 0 Å². The third-order valence-electron chi connectivity index (χ3n) is 3.53. The number of carbonyl (C=O) groups excluding carboxylic acids is 1. The Hall–Kier alpha value is -0.940. The van der Waals surface area contributed by atoms with Crippen molar-refractivity contribution in [3.63, 3.8) is 0 Å². The molecule has 1 aromatic rings. The lowest BCUT2D eigenvalue weighted by Crippen LogP contribution is -2.40. The number of aryl methyl sites for hydroxylation is 1. The van der Waals surface area contributed by atoms with Gasteiger partial charge in [-0.3, -0.25) is 9.69 Å². The van der Waals surface area contributed by atoms with Crippen LogP contribution < -0.4 is 0 Å². The van der Waals surface area contributed by atoms with Crippen LogP contribution in [0.4, 0.5) is 0 Å². The van der Waals surface area contributed by atoms with Gasteiger partial charge < -0.3 is 4.90 Å². The summed E-state index contributed by atoms with van der Waals surface area (Å²) in [6.45, 7) is 5.42. The first-order valence-electron chi connectivity index (χ1n) is 7.08. The first-order valence-corrected chi connectivity index (χ1v) is 7.96. The van der Waals surface area contributed by atoms with Crippen LogP contribution in [0.2, 0.25) is 0 Å². The van der Waals surface area contributed by atoms with Gasteiger partial charge in [-0.25, -0.2) is 4.98 Å². The van der Waals surface area contributed by atoms with E-state index in [0.717, 1.165) is 30.2 Å². The predicted molar refractivity (Wildman–Crippen MR) is 78.3 cm³/mol. The Bertz CT molecular complexity index is 413. The Labute approximate surface area is 119 Å². The lowest BCUT2D eigenvalue weighted by Gasteiger charge is -2.27. The summed E-state index contributed by atoms with van der Waals surface area (Å²) >= 11 is 1.68. The molecule has 2 rings (SSSR count). The third-order valence-corrected chi connectivity index (χ3v) is 4.58. The minimum absolute atomic E-state index is 0.202. The van der Waals surface area contributed by atoms with E-state index in [1.165, 1.54) is 19.3 Å². The maximum absolute atomic E-state index is 12.2. The molecule has 0 radical (unpaired) electrons. The van der Waals surface area contributed by atoms with Crippen molar-refractivity contribution in [2.75, 3.05) is 26.7 Å². The molecule has 0 unspecified atom stereocenters. The van der Waals surface area contributed by atoms with E-state index in [2.05, 4.69) is 22.2 Å². The maximum Gasteiger partial charge on any atom is 0.236 e. The minimum atomic E-state index is 0.202. The first-order chi connectivity index (χ1) is 9.19. The zero-order valence-electron chi connectivity index (χ0n) is 11.9. The molecule has 2 heterocycles. The third kappa shape index (κ3) is 4.28. The Morgan fingerprint density at radius 1 is 1.42 bits per heavy atom. The highest BCUT2D eigenvalue weighted by atomic mass is 32.1. The number of nitrogens with zero attached hydrogens (tertiary/aromatic N) is 3. The Kier molecular flexibility index (Phi) is 5.34. The van der Waals surface area contributed by atoms with Gasteiger partial charge in [-0.1, -0.05) is 13.3 Å². The molecule has 106 valence electrons. The van der Waals surface area contributed by atoms with Gasteiger partial charge in [0.15, 0.2) is 0 Å². The van der Waals surface area contributed by atoms with E-state index < -0.39 is 0 Å².